The van der Waals surface area contributed by atoms with Gasteiger partial charge in [0.05, 0.1) is 0 Å². The van der Waals surface area contributed by atoms with Crippen LogP contribution < -0.4 is 0 Å². The molecule has 0 spiro atoms. The smallest absolute Gasteiger partial charge is 0.0443 e. The Kier molecular flexibility index (Phi) is 5.07. The Labute approximate surface area is 99.4 Å². The lowest BCUT2D eigenvalue weighted by Crippen LogP contribution is -2.35. The van der Waals surface area contributed by atoms with Crippen LogP contribution in [0.1, 0.15) is 32.1 Å². The van der Waals surface area contributed by atoms with Gasteiger partial charge in [0.15, 0.2) is 0 Å². The molecule has 0 aromatic rings. The second kappa shape index (κ2) is 6.58. The summed E-state index contributed by atoms with van der Waals surface area (Å²) < 4.78 is 0. The second-order valence-electron chi connectivity index (χ2n) is 5.39. The fourth-order valence-electron chi connectivity index (χ4n) is 3.07. The topological polar surface area (TPSA) is 26.7 Å². The molecule has 3 nitrogen and oxygen atoms in total. The van der Waals surface area contributed by atoms with Crippen LogP contribution in [0, 0.1) is 5.92 Å². The molecule has 2 aliphatic heterocycles. The van der Waals surface area contributed by atoms with Gasteiger partial charge in [-0.3, -0.25) is 0 Å². The normalized spacial score (nSPS) is 28.7. The molecule has 0 saturated carbocycles. The molecule has 2 saturated heterocycles. The van der Waals surface area contributed by atoms with Gasteiger partial charge in [-0.05, 0) is 51.2 Å². The van der Waals surface area contributed by atoms with Crippen molar-refractivity contribution < 1.29 is 5.11 Å². The van der Waals surface area contributed by atoms with E-state index >= 15 is 0 Å². The Morgan fingerprint density at radius 1 is 1.00 bits per heavy atom. The highest BCUT2D eigenvalue weighted by atomic mass is 16.3. The molecular weight excluding hydrogens is 200 g/mol. The molecule has 0 amide bonds. The quantitative estimate of drug-likeness (QED) is 0.762. The molecular formula is C13H26N2O. The molecule has 0 aromatic carbocycles. The highest BCUT2D eigenvalue weighted by Gasteiger charge is 2.24. The molecule has 1 atom stereocenters. The van der Waals surface area contributed by atoms with Crippen molar-refractivity contribution in [3.05, 3.63) is 0 Å². The van der Waals surface area contributed by atoms with Crippen molar-refractivity contribution in [3.8, 4) is 0 Å². The maximum atomic E-state index is 8.82. The average Bonchev–Trinajstić information content (AvgIpc) is 2.75. The molecule has 1 N–H and O–H groups in total. The minimum absolute atomic E-state index is 0.341. The Morgan fingerprint density at radius 2 is 1.81 bits per heavy atom. The Morgan fingerprint density at radius 3 is 2.56 bits per heavy atom. The highest BCUT2D eigenvalue weighted by molar-refractivity contribution is 4.79. The first-order valence-electron chi connectivity index (χ1n) is 6.94. The van der Waals surface area contributed by atoms with Gasteiger partial charge in [0.25, 0.3) is 0 Å². The number of hydrogen-bond acceptors (Lipinski definition) is 3. The predicted octanol–water partition coefficient (Wildman–Crippen LogP) is 1.18. The zero-order valence-electron chi connectivity index (χ0n) is 10.4. The van der Waals surface area contributed by atoms with Gasteiger partial charge in [-0.15, -0.1) is 0 Å². The molecule has 16 heavy (non-hydrogen) atoms. The summed E-state index contributed by atoms with van der Waals surface area (Å²) >= 11 is 0. The first-order valence-corrected chi connectivity index (χ1v) is 6.94. The second-order valence-corrected chi connectivity index (χ2v) is 5.39. The van der Waals surface area contributed by atoms with E-state index in [1.165, 1.54) is 58.4 Å². The van der Waals surface area contributed by atoms with Gasteiger partial charge in [-0.1, -0.05) is 6.42 Å². The number of nitrogens with zero attached hydrogens (tertiary/aromatic N) is 2. The van der Waals surface area contributed by atoms with E-state index in [1.807, 2.05) is 0 Å². The van der Waals surface area contributed by atoms with Crippen LogP contribution in [0.2, 0.25) is 0 Å². The van der Waals surface area contributed by atoms with E-state index in [4.69, 9.17) is 5.11 Å². The fourth-order valence-corrected chi connectivity index (χ4v) is 3.07. The summed E-state index contributed by atoms with van der Waals surface area (Å²) in [6.45, 7) is 7.91. The molecule has 0 aromatic heterocycles. The number of piperidine rings is 1. The third-order valence-corrected chi connectivity index (χ3v) is 3.97. The average molecular weight is 226 g/mol. The summed E-state index contributed by atoms with van der Waals surface area (Å²) in [5, 5.41) is 8.82. The highest BCUT2D eigenvalue weighted by Crippen LogP contribution is 2.19. The third kappa shape index (κ3) is 3.72. The Balaban J connectivity index is 1.63. The van der Waals surface area contributed by atoms with E-state index in [0.29, 0.717) is 6.61 Å². The van der Waals surface area contributed by atoms with E-state index in [1.54, 1.807) is 0 Å². The molecule has 3 heteroatoms. The third-order valence-electron chi connectivity index (χ3n) is 3.97. The van der Waals surface area contributed by atoms with E-state index in [-0.39, 0.29) is 0 Å². The lowest BCUT2D eigenvalue weighted by Gasteiger charge is -2.29. The van der Waals surface area contributed by atoms with Crippen LogP contribution in [0.25, 0.3) is 0 Å². The zero-order chi connectivity index (χ0) is 11.2. The fraction of sp³-hybridized carbons (Fsp3) is 1.00. The maximum absolute atomic E-state index is 8.82. The Hall–Kier alpha value is -0.120. The minimum Gasteiger partial charge on any atom is -0.396 e. The number of aliphatic hydroxyl groups excluding tert-OH is 1. The van der Waals surface area contributed by atoms with Gasteiger partial charge in [0.1, 0.15) is 0 Å². The van der Waals surface area contributed by atoms with Crippen LogP contribution in [0.4, 0.5) is 0 Å². The van der Waals surface area contributed by atoms with Gasteiger partial charge in [0.2, 0.25) is 0 Å². The molecule has 2 rings (SSSR count). The van der Waals surface area contributed by atoms with E-state index in [2.05, 4.69) is 9.80 Å². The molecule has 0 aliphatic carbocycles. The summed E-state index contributed by atoms with van der Waals surface area (Å²) in [6.07, 6.45) is 6.55. The van der Waals surface area contributed by atoms with E-state index in [9.17, 15) is 0 Å². The number of rotatable bonds is 5. The largest absolute Gasteiger partial charge is 0.396 e. The lowest BCUT2D eigenvalue weighted by molar-refractivity contribution is 0.191. The van der Waals surface area contributed by atoms with Crippen LogP contribution >= 0.6 is 0 Å². The first kappa shape index (κ1) is 12.3. The van der Waals surface area contributed by atoms with Gasteiger partial charge in [-0.25, -0.2) is 0 Å². The van der Waals surface area contributed by atoms with E-state index < -0.39 is 0 Å². The number of aliphatic hydroxyl groups is 1. The van der Waals surface area contributed by atoms with Gasteiger partial charge in [0, 0.05) is 26.2 Å². The van der Waals surface area contributed by atoms with E-state index in [0.717, 1.165) is 18.9 Å². The molecule has 94 valence electrons. The van der Waals surface area contributed by atoms with Crippen molar-refractivity contribution >= 4 is 0 Å². The minimum atomic E-state index is 0.341. The summed E-state index contributed by atoms with van der Waals surface area (Å²) in [6, 6.07) is 0. The predicted molar refractivity (Wildman–Crippen MR) is 66.5 cm³/mol. The van der Waals surface area contributed by atoms with Crippen molar-refractivity contribution in [2.75, 3.05) is 45.9 Å². The standard InChI is InChI=1S/C13H26N2O/c16-10-4-8-15-9-5-13(12-15)11-14-6-2-1-3-7-14/h13,16H,1-12H2. The van der Waals surface area contributed by atoms with Crippen molar-refractivity contribution in [1.29, 1.82) is 0 Å². The molecule has 0 bridgehead atoms. The molecule has 2 fully saturated rings. The van der Waals surface area contributed by atoms with Gasteiger partial charge < -0.3 is 14.9 Å². The maximum Gasteiger partial charge on any atom is 0.0443 e. The van der Waals surface area contributed by atoms with Crippen LogP contribution in [-0.2, 0) is 0 Å². The van der Waals surface area contributed by atoms with Crippen LogP contribution in [0.3, 0.4) is 0 Å². The first-order chi connectivity index (χ1) is 7.88. The molecule has 1 unspecified atom stereocenters. The summed E-state index contributed by atoms with van der Waals surface area (Å²) in [5.74, 6) is 0.886. The van der Waals surface area contributed by atoms with Crippen LogP contribution in [-0.4, -0.2) is 60.8 Å². The molecule has 2 heterocycles. The van der Waals surface area contributed by atoms with Crippen molar-refractivity contribution in [2.24, 2.45) is 5.92 Å². The van der Waals surface area contributed by atoms with Crippen molar-refractivity contribution in [1.82, 2.24) is 9.80 Å². The number of likely N-dealkylation sites (tertiary alicyclic amines) is 2. The Bertz CT molecular complexity index is 192. The zero-order valence-corrected chi connectivity index (χ0v) is 10.4. The lowest BCUT2D eigenvalue weighted by atomic mass is 10.1. The molecule has 0 radical (unpaired) electrons. The summed E-state index contributed by atoms with van der Waals surface area (Å²) in [7, 11) is 0. The number of hydrogen-bond donors (Lipinski definition) is 1. The summed E-state index contributed by atoms with van der Waals surface area (Å²) in [5.41, 5.74) is 0. The monoisotopic (exact) mass is 226 g/mol. The van der Waals surface area contributed by atoms with Crippen molar-refractivity contribution in [3.63, 3.8) is 0 Å². The SMILES string of the molecule is OCCCN1CCC(CN2CCCCC2)C1. The van der Waals surface area contributed by atoms with Crippen LogP contribution in [0.15, 0.2) is 0 Å². The summed E-state index contributed by atoms with van der Waals surface area (Å²) in [4.78, 5) is 5.18. The van der Waals surface area contributed by atoms with Crippen molar-refractivity contribution in [2.45, 2.75) is 32.1 Å². The molecule has 2 aliphatic rings. The van der Waals surface area contributed by atoms with Gasteiger partial charge in [-0.2, -0.15) is 0 Å². The van der Waals surface area contributed by atoms with Gasteiger partial charge >= 0.3 is 0 Å². The van der Waals surface area contributed by atoms with Crippen LogP contribution in [0.5, 0.6) is 0 Å².